The van der Waals surface area contributed by atoms with Crippen molar-refractivity contribution in [2.75, 3.05) is 7.11 Å². The first kappa shape index (κ1) is 23.7. The molecular weight excluding hydrogens is 380 g/mol. The number of carbonyl (C=O) groups is 2. The summed E-state index contributed by atoms with van der Waals surface area (Å²) in [6, 6.07) is 4.46. The number of Topliss-reactive ketones (excluding diaryl/α,β-unsaturated/α-hetero) is 1. The Bertz CT molecular complexity index is 847. The van der Waals surface area contributed by atoms with Crippen LogP contribution in [0.5, 0.6) is 11.5 Å². The number of hydrogen-bond acceptors (Lipinski definition) is 5. The molecule has 1 saturated heterocycles. The topological polar surface area (TPSA) is 72.8 Å². The van der Waals surface area contributed by atoms with Crippen LogP contribution in [0.1, 0.15) is 70.7 Å². The number of phenolic OH excluding ortho intramolecular Hbond substituents is 1. The van der Waals surface area contributed by atoms with Crippen molar-refractivity contribution in [3.05, 3.63) is 47.1 Å². The molecule has 5 nitrogen and oxygen atoms in total. The van der Waals surface area contributed by atoms with Crippen LogP contribution < -0.4 is 4.74 Å². The molecule has 0 radical (unpaired) electrons. The molecule has 1 aliphatic heterocycles. The van der Waals surface area contributed by atoms with Gasteiger partial charge in [0.15, 0.2) is 5.78 Å². The minimum absolute atomic E-state index is 0.115. The first-order chi connectivity index (χ1) is 14.1. The summed E-state index contributed by atoms with van der Waals surface area (Å²) < 4.78 is 10.7. The van der Waals surface area contributed by atoms with E-state index in [9.17, 15) is 14.7 Å². The highest BCUT2D eigenvalue weighted by Crippen LogP contribution is 2.42. The fourth-order valence-corrected chi connectivity index (χ4v) is 3.87. The van der Waals surface area contributed by atoms with Gasteiger partial charge < -0.3 is 14.6 Å². The van der Waals surface area contributed by atoms with Gasteiger partial charge in [-0.15, -0.1) is 0 Å². The summed E-state index contributed by atoms with van der Waals surface area (Å²) in [4.78, 5) is 25.6. The average molecular weight is 415 g/mol. The Balaban J connectivity index is 2.06. The molecule has 0 aromatic heterocycles. The Kier molecular flexibility index (Phi) is 7.88. The Morgan fingerprint density at radius 1 is 1.23 bits per heavy atom. The largest absolute Gasteiger partial charge is 0.507 e. The van der Waals surface area contributed by atoms with Crippen molar-refractivity contribution in [3.8, 4) is 11.5 Å². The number of phenols is 1. The lowest BCUT2D eigenvalue weighted by Crippen LogP contribution is -2.33. The number of aromatic hydroxyl groups is 1. The molecule has 0 spiro atoms. The third-order valence-electron chi connectivity index (χ3n) is 6.03. The molecular formula is C25H34O5. The number of ketones is 1. The summed E-state index contributed by atoms with van der Waals surface area (Å²) in [5, 5.41) is 10.2. The molecule has 1 aromatic carbocycles. The Hall–Kier alpha value is -2.56. The van der Waals surface area contributed by atoms with Crippen LogP contribution in [0.25, 0.3) is 0 Å². The van der Waals surface area contributed by atoms with Crippen molar-refractivity contribution in [2.24, 2.45) is 11.8 Å². The molecule has 0 saturated carbocycles. The van der Waals surface area contributed by atoms with Crippen molar-refractivity contribution < 1.29 is 24.2 Å². The quantitative estimate of drug-likeness (QED) is 0.246. The van der Waals surface area contributed by atoms with Gasteiger partial charge in [0.2, 0.25) is 0 Å². The van der Waals surface area contributed by atoms with E-state index in [1.54, 1.807) is 6.07 Å². The van der Waals surface area contributed by atoms with E-state index in [1.165, 1.54) is 30.4 Å². The molecule has 0 aliphatic carbocycles. The van der Waals surface area contributed by atoms with Gasteiger partial charge in [-0.25, -0.2) is 0 Å². The molecule has 1 N–H and O–H groups in total. The molecule has 1 heterocycles. The fourth-order valence-electron chi connectivity index (χ4n) is 3.87. The van der Waals surface area contributed by atoms with Crippen molar-refractivity contribution in [1.82, 2.24) is 0 Å². The second kappa shape index (κ2) is 9.96. The molecule has 2 rings (SSSR count). The zero-order chi connectivity index (χ0) is 22.5. The standard InChI is InChI=1S/C25H34O5/c1-16(2)9-7-10-17(3)11-8-14-25(5)18(4)22(24(28)30-25)23(27)20-13-12-19(29-6)15-21(20)26/h9,11-13,15,18,22,26H,7-8,10,14H2,1-6H3/t18-,22+,25+/m0/s1. The van der Waals surface area contributed by atoms with Gasteiger partial charge in [-0.2, -0.15) is 0 Å². The fraction of sp³-hybridized carbons (Fsp3) is 0.520. The smallest absolute Gasteiger partial charge is 0.317 e. The number of carbonyl (C=O) groups excluding carboxylic acids is 2. The molecule has 1 aromatic rings. The molecule has 30 heavy (non-hydrogen) atoms. The van der Waals surface area contributed by atoms with Crippen LogP contribution in [-0.2, 0) is 9.53 Å². The van der Waals surface area contributed by atoms with Gasteiger partial charge in [0.1, 0.15) is 23.0 Å². The molecule has 0 unspecified atom stereocenters. The lowest BCUT2D eigenvalue weighted by molar-refractivity contribution is -0.149. The first-order valence-corrected chi connectivity index (χ1v) is 10.5. The lowest BCUT2D eigenvalue weighted by atomic mass is 9.77. The van der Waals surface area contributed by atoms with Crippen LogP contribution in [-0.4, -0.2) is 29.6 Å². The van der Waals surface area contributed by atoms with Gasteiger partial charge in [0.25, 0.3) is 0 Å². The minimum Gasteiger partial charge on any atom is -0.507 e. The molecule has 3 atom stereocenters. The summed E-state index contributed by atoms with van der Waals surface area (Å²) in [6.07, 6.45) is 7.88. The van der Waals surface area contributed by atoms with E-state index < -0.39 is 23.3 Å². The second-order valence-electron chi connectivity index (χ2n) is 8.66. The second-order valence-corrected chi connectivity index (χ2v) is 8.66. The molecule has 0 bridgehead atoms. The molecule has 5 heteroatoms. The molecule has 1 fully saturated rings. The zero-order valence-corrected chi connectivity index (χ0v) is 19.0. The van der Waals surface area contributed by atoms with Gasteiger partial charge in [-0.3, -0.25) is 9.59 Å². The number of methoxy groups -OCH3 is 1. The maximum atomic E-state index is 13.0. The molecule has 1 aliphatic rings. The van der Waals surface area contributed by atoms with Crippen LogP contribution in [0.3, 0.4) is 0 Å². The Morgan fingerprint density at radius 2 is 1.93 bits per heavy atom. The highest BCUT2D eigenvalue weighted by molar-refractivity contribution is 6.11. The SMILES string of the molecule is COc1ccc(C(=O)[C@@H]2C(=O)O[C@](C)(CCC=C(C)CCC=C(C)C)[C@H]2C)c(O)c1. The number of ether oxygens (including phenoxy) is 2. The third-order valence-corrected chi connectivity index (χ3v) is 6.03. The third kappa shape index (κ3) is 5.53. The molecule has 164 valence electrons. The number of benzene rings is 1. The summed E-state index contributed by atoms with van der Waals surface area (Å²) in [5.74, 6) is -1.89. The summed E-state index contributed by atoms with van der Waals surface area (Å²) in [6.45, 7) is 10.1. The van der Waals surface area contributed by atoms with Gasteiger partial charge in [-0.05, 0) is 65.5 Å². The van der Waals surface area contributed by atoms with E-state index in [1.807, 2.05) is 13.8 Å². The molecule has 0 amide bonds. The van der Waals surface area contributed by atoms with Crippen LogP contribution in [0.15, 0.2) is 41.5 Å². The van der Waals surface area contributed by atoms with Crippen molar-refractivity contribution in [2.45, 2.75) is 65.9 Å². The zero-order valence-electron chi connectivity index (χ0n) is 19.0. The van der Waals surface area contributed by atoms with E-state index in [0.717, 1.165) is 19.3 Å². The van der Waals surface area contributed by atoms with Gasteiger partial charge in [-0.1, -0.05) is 30.2 Å². The maximum Gasteiger partial charge on any atom is 0.317 e. The number of rotatable bonds is 9. The maximum absolute atomic E-state index is 13.0. The van der Waals surface area contributed by atoms with Crippen LogP contribution in [0, 0.1) is 11.8 Å². The Labute approximate surface area is 179 Å². The lowest BCUT2D eigenvalue weighted by Gasteiger charge is -2.28. The Morgan fingerprint density at radius 3 is 2.53 bits per heavy atom. The van der Waals surface area contributed by atoms with Crippen LogP contribution in [0.2, 0.25) is 0 Å². The normalized spacial score (nSPS) is 23.8. The summed E-state index contributed by atoms with van der Waals surface area (Å²) in [5.41, 5.74) is 2.03. The van der Waals surface area contributed by atoms with Gasteiger partial charge >= 0.3 is 5.97 Å². The first-order valence-electron chi connectivity index (χ1n) is 10.5. The highest BCUT2D eigenvalue weighted by atomic mass is 16.6. The predicted molar refractivity (Wildman–Crippen MR) is 118 cm³/mol. The van der Waals surface area contributed by atoms with E-state index in [0.29, 0.717) is 12.2 Å². The van der Waals surface area contributed by atoms with Gasteiger partial charge in [0, 0.05) is 12.0 Å². The number of cyclic esters (lactones) is 1. The monoisotopic (exact) mass is 414 g/mol. The number of hydrogen-bond donors (Lipinski definition) is 1. The van der Waals surface area contributed by atoms with Crippen LogP contribution in [0.4, 0.5) is 0 Å². The average Bonchev–Trinajstić information content (AvgIpc) is 2.89. The van der Waals surface area contributed by atoms with Crippen LogP contribution >= 0.6 is 0 Å². The van der Waals surface area contributed by atoms with Gasteiger partial charge in [0.05, 0.1) is 12.7 Å². The van der Waals surface area contributed by atoms with Crippen molar-refractivity contribution >= 4 is 11.8 Å². The number of allylic oxidation sites excluding steroid dienone is 4. The minimum atomic E-state index is -0.919. The number of esters is 1. The van der Waals surface area contributed by atoms with E-state index in [4.69, 9.17) is 9.47 Å². The van der Waals surface area contributed by atoms with Crippen molar-refractivity contribution in [3.63, 3.8) is 0 Å². The summed E-state index contributed by atoms with van der Waals surface area (Å²) in [7, 11) is 1.48. The van der Waals surface area contributed by atoms with Crippen molar-refractivity contribution in [1.29, 1.82) is 0 Å². The summed E-state index contributed by atoms with van der Waals surface area (Å²) >= 11 is 0. The van der Waals surface area contributed by atoms with E-state index in [-0.39, 0.29) is 17.2 Å². The van der Waals surface area contributed by atoms with E-state index in [2.05, 4.69) is 32.9 Å². The predicted octanol–water partition coefficient (Wildman–Crippen LogP) is 5.62. The highest BCUT2D eigenvalue weighted by Gasteiger charge is 2.53. The van der Waals surface area contributed by atoms with E-state index >= 15 is 0 Å².